The molecule has 0 fully saturated rings. The van der Waals surface area contributed by atoms with E-state index in [4.69, 9.17) is 9.84 Å². The van der Waals surface area contributed by atoms with Gasteiger partial charge in [0.25, 0.3) is 5.91 Å². The average molecular weight is 279 g/mol. The lowest BCUT2D eigenvalue weighted by molar-refractivity contribution is -0.143. The number of ether oxygens (including phenoxy) is 1. The number of hydrogen-bond donors (Lipinski definition) is 2. The van der Waals surface area contributed by atoms with E-state index in [1.54, 1.807) is 6.07 Å². The van der Waals surface area contributed by atoms with Gasteiger partial charge in [-0.1, -0.05) is 26.0 Å². The van der Waals surface area contributed by atoms with Gasteiger partial charge < -0.3 is 15.2 Å². The molecule has 0 heterocycles. The van der Waals surface area contributed by atoms with Gasteiger partial charge in [0.05, 0.1) is 0 Å². The van der Waals surface area contributed by atoms with Crippen LogP contribution in [0.25, 0.3) is 0 Å². The van der Waals surface area contributed by atoms with Crippen LogP contribution in [0.2, 0.25) is 0 Å². The van der Waals surface area contributed by atoms with Crippen molar-refractivity contribution in [2.75, 3.05) is 0 Å². The number of hydrogen-bond acceptors (Lipinski definition) is 3. The van der Waals surface area contributed by atoms with Crippen molar-refractivity contribution in [1.29, 1.82) is 0 Å². The standard InChI is InChI=1S/C15H21NO4/c1-9(2)13(14(17)16-11(4)15(18)19)20-12-7-5-6-10(3)8-12/h5-9,11,13H,1-4H3,(H,16,17)(H,18,19). The first-order valence-corrected chi connectivity index (χ1v) is 6.57. The van der Waals surface area contributed by atoms with Gasteiger partial charge in [-0.15, -0.1) is 0 Å². The molecule has 20 heavy (non-hydrogen) atoms. The van der Waals surface area contributed by atoms with Gasteiger partial charge in [0.1, 0.15) is 11.8 Å². The Morgan fingerprint density at radius 1 is 1.25 bits per heavy atom. The minimum absolute atomic E-state index is 0.0727. The molecule has 2 atom stereocenters. The zero-order chi connectivity index (χ0) is 15.3. The molecule has 0 radical (unpaired) electrons. The number of carboxylic acids is 1. The molecule has 2 unspecified atom stereocenters. The van der Waals surface area contributed by atoms with Crippen LogP contribution in [0, 0.1) is 12.8 Å². The molecule has 1 aromatic carbocycles. The van der Waals surface area contributed by atoms with Crippen LogP contribution in [-0.4, -0.2) is 29.1 Å². The van der Waals surface area contributed by atoms with E-state index in [0.29, 0.717) is 5.75 Å². The van der Waals surface area contributed by atoms with Crippen LogP contribution in [0.5, 0.6) is 5.75 Å². The van der Waals surface area contributed by atoms with Crippen LogP contribution < -0.4 is 10.1 Å². The summed E-state index contributed by atoms with van der Waals surface area (Å²) in [6.07, 6.45) is -0.724. The topological polar surface area (TPSA) is 75.6 Å². The molecule has 0 spiro atoms. The second-order valence-corrected chi connectivity index (χ2v) is 5.17. The van der Waals surface area contributed by atoms with Crippen LogP contribution in [0.1, 0.15) is 26.3 Å². The van der Waals surface area contributed by atoms with Crippen molar-refractivity contribution in [3.8, 4) is 5.75 Å². The van der Waals surface area contributed by atoms with E-state index in [0.717, 1.165) is 5.56 Å². The highest BCUT2D eigenvalue weighted by Crippen LogP contribution is 2.17. The van der Waals surface area contributed by atoms with Crippen LogP contribution >= 0.6 is 0 Å². The summed E-state index contributed by atoms with van der Waals surface area (Å²) in [4.78, 5) is 22.9. The molecule has 1 amide bonds. The van der Waals surface area contributed by atoms with Gasteiger partial charge in [-0.05, 0) is 37.5 Å². The van der Waals surface area contributed by atoms with Crippen molar-refractivity contribution in [2.24, 2.45) is 5.92 Å². The van der Waals surface area contributed by atoms with Crippen molar-refractivity contribution in [3.05, 3.63) is 29.8 Å². The number of carbonyl (C=O) groups is 2. The van der Waals surface area contributed by atoms with Crippen molar-refractivity contribution in [2.45, 2.75) is 39.8 Å². The normalized spacial score (nSPS) is 13.7. The molecule has 0 bridgehead atoms. The Balaban J connectivity index is 2.79. The summed E-state index contributed by atoms with van der Waals surface area (Å²) in [5, 5.41) is 11.3. The maximum absolute atomic E-state index is 12.1. The van der Waals surface area contributed by atoms with E-state index in [-0.39, 0.29) is 5.92 Å². The van der Waals surface area contributed by atoms with Crippen LogP contribution in [0.3, 0.4) is 0 Å². The zero-order valence-corrected chi connectivity index (χ0v) is 12.2. The van der Waals surface area contributed by atoms with Gasteiger partial charge in [0, 0.05) is 0 Å². The van der Waals surface area contributed by atoms with Gasteiger partial charge in [0.2, 0.25) is 0 Å². The molecule has 1 rings (SSSR count). The second-order valence-electron chi connectivity index (χ2n) is 5.17. The summed E-state index contributed by atoms with van der Waals surface area (Å²) in [6.45, 7) is 7.06. The van der Waals surface area contributed by atoms with Crippen LogP contribution in [0.4, 0.5) is 0 Å². The fourth-order valence-electron chi connectivity index (χ4n) is 1.68. The molecule has 0 saturated carbocycles. The molecular weight excluding hydrogens is 258 g/mol. The average Bonchev–Trinajstić information content (AvgIpc) is 2.35. The fourth-order valence-corrected chi connectivity index (χ4v) is 1.68. The van der Waals surface area contributed by atoms with Crippen molar-refractivity contribution >= 4 is 11.9 Å². The summed E-state index contributed by atoms with van der Waals surface area (Å²) in [5.74, 6) is -0.967. The molecule has 0 aromatic heterocycles. The van der Waals surface area contributed by atoms with E-state index < -0.39 is 24.0 Å². The molecule has 0 aliphatic heterocycles. The molecule has 2 N–H and O–H groups in total. The molecule has 1 aromatic rings. The number of rotatable bonds is 6. The van der Waals surface area contributed by atoms with Crippen molar-refractivity contribution in [1.82, 2.24) is 5.32 Å². The van der Waals surface area contributed by atoms with E-state index >= 15 is 0 Å². The number of nitrogens with one attached hydrogen (secondary N) is 1. The third kappa shape index (κ3) is 4.57. The highest BCUT2D eigenvalue weighted by molar-refractivity contribution is 5.86. The quantitative estimate of drug-likeness (QED) is 0.835. The first-order chi connectivity index (χ1) is 9.31. The third-order valence-electron chi connectivity index (χ3n) is 2.85. The molecule has 5 heteroatoms. The van der Waals surface area contributed by atoms with Gasteiger partial charge in [-0.25, -0.2) is 0 Å². The number of aryl methyl sites for hydroxylation is 1. The number of amides is 1. The van der Waals surface area contributed by atoms with Crippen LogP contribution in [-0.2, 0) is 9.59 Å². The summed E-state index contributed by atoms with van der Waals surface area (Å²) >= 11 is 0. The Morgan fingerprint density at radius 2 is 1.90 bits per heavy atom. The molecule has 110 valence electrons. The second kappa shape index (κ2) is 6.93. The Morgan fingerprint density at radius 3 is 2.40 bits per heavy atom. The Bertz CT molecular complexity index is 485. The number of carbonyl (C=O) groups excluding carboxylic acids is 1. The number of carboxylic acid groups (broad SMARTS) is 1. The van der Waals surface area contributed by atoms with E-state index in [9.17, 15) is 9.59 Å². The maximum atomic E-state index is 12.1. The highest BCUT2D eigenvalue weighted by atomic mass is 16.5. The minimum Gasteiger partial charge on any atom is -0.480 e. The lowest BCUT2D eigenvalue weighted by atomic mass is 10.1. The zero-order valence-electron chi connectivity index (χ0n) is 12.2. The fraction of sp³-hybridized carbons (Fsp3) is 0.467. The predicted octanol–water partition coefficient (Wildman–Crippen LogP) is 1.99. The Kier molecular flexibility index (Phi) is 5.55. The summed E-state index contributed by atoms with van der Waals surface area (Å²) in [5.41, 5.74) is 1.03. The molecule has 0 aliphatic carbocycles. The summed E-state index contributed by atoms with van der Waals surface area (Å²) in [7, 11) is 0. The molecule has 0 aliphatic rings. The van der Waals surface area contributed by atoms with Crippen LogP contribution in [0.15, 0.2) is 24.3 Å². The van der Waals surface area contributed by atoms with Gasteiger partial charge in [0.15, 0.2) is 6.10 Å². The van der Waals surface area contributed by atoms with E-state index in [2.05, 4.69) is 5.32 Å². The van der Waals surface area contributed by atoms with Gasteiger partial charge in [-0.3, -0.25) is 9.59 Å². The third-order valence-corrected chi connectivity index (χ3v) is 2.85. The first-order valence-electron chi connectivity index (χ1n) is 6.57. The SMILES string of the molecule is Cc1cccc(OC(C(=O)NC(C)C(=O)O)C(C)C)c1. The Labute approximate surface area is 118 Å². The number of benzene rings is 1. The van der Waals surface area contributed by atoms with E-state index in [1.165, 1.54) is 6.92 Å². The first kappa shape index (κ1) is 16.0. The van der Waals surface area contributed by atoms with Gasteiger partial charge >= 0.3 is 5.97 Å². The minimum atomic E-state index is -1.07. The molecule has 5 nitrogen and oxygen atoms in total. The molecular formula is C15H21NO4. The predicted molar refractivity (Wildman–Crippen MR) is 75.7 cm³/mol. The maximum Gasteiger partial charge on any atom is 0.325 e. The summed E-state index contributed by atoms with van der Waals surface area (Å²) in [6, 6.07) is 6.45. The van der Waals surface area contributed by atoms with Crippen molar-refractivity contribution in [3.63, 3.8) is 0 Å². The summed E-state index contributed by atoms with van der Waals surface area (Å²) < 4.78 is 5.69. The van der Waals surface area contributed by atoms with Gasteiger partial charge in [-0.2, -0.15) is 0 Å². The lowest BCUT2D eigenvalue weighted by Gasteiger charge is -2.23. The smallest absolute Gasteiger partial charge is 0.325 e. The monoisotopic (exact) mass is 279 g/mol. The number of aliphatic carboxylic acids is 1. The highest BCUT2D eigenvalue weighted by Gasteiger charge is 2.27. The van der Waals surface area contributed by atoms with E-state index in [1.807, 2.05) is 39.0 Å². The Hall–Kier alpha value is -2.04. The molecule has 0 saturated heterocycles. The lowest BCUT2D eigenvalue weighted by Crippen LogP contribution is -2.47. The largest absolute Gasteiger partial charge is 0.480 e. The van der Waals surface area contributed by atoms with Crippen molar-refractivity contribution < 1.29 is 19.4 Å².